The van der Waals surface area contributed by atoms with Gasteiger partial charge in [-0.2, -0.15) is 0 Å². The van der Waals surface area contributed by atoms with Crippen LogP contribution in [0.15, 0.2) is 60.7 Å². The summed E-state index contributed by atoms with van der Waals surface area (Å²) in [6, 6.07) is 18.8. The number of likely N-dealkylation sites (tertiary alicyclic amines) is 1. The third-order valence-electron chi connectivity index (χ3n) is 7.04. The van der Waals surface area contributed by atoms with Crippen molar-refractivity contribution in [3.63, 3.8) is 0 Å². The normalized spacial score (nSPS) is 14.8. The Hall–Kier alpha value is -3.85. The van der Waals surface area contributed by atoms with Gasteiger partial charge in [-0.15, -0.1) is 0 Å². The topological polar surface area (TPSA) is 125 Å². The highest BCUT2D eigenvalue weighted by atomic mass is 32.2. The van der Waals surface area contributed by atoms with E-state index in [0.29, 0.717) is 28.4 Å². The molecule has 5 rings (SSSR count). The largest absolute Gasteiger partial charge is 0.490 e. The number of amidine groups is 2. The Morgan fingerprint density at radius 2 is 1.70 bits per heavy atom. The van der Waals surface area contributed by atoms with E-state index in [1.54, 1.807) is 19.9 Å². The Labute approximate surface area is 216 Å². The SMILES string of the molecule is CCS(=O)(=O)n1c(-c2ccc3ccc(C(=N)N)cc3c2)cc2cc(OC3CCN(C(C)=N)CC3)ccc21. The van der Waals surface area contributed by atoms with E-state index in [4.69, 9.17) is 21.3 Å². The van der Waals surface area contributed by atoms with E-state index in [2.05, 4.69) is 0 Å². The van der Waals surface area contributed by atoms with E-state index in [0.717, 1.165) is 47.7 Å². The number of hydrogen-bond donors (Lipinski definition) is 3. The summed E-state index contributed by atoms with van der Waals surface area (Å²) < 4.78 is 34.1. The molecule has 8 nitrogen and oxygen atoms in total. The number of nitrogens with one attached hydrogen (secondary N) is 2. The van der Waals surface area contributed by atoms with Crippen LogP contribution >= 0.6 is 0 Å². The maximum atomic E-state index is 13.2. The number of nitrogen functional groups attached to an aromatic ring is 1. The lowest BCUT2D eigenvalue weighted by atomic mass is 10.0. The Kier molecular flexibility index (Phi) is 6.41. The lowest BCUT2D eigenvalue weighted by Crippen LogP contribution is -2.40. The molecule has 0 radical (unpaired) electrons. The minimum atomic E-state index is -3.59. The van der Waals surface area contributed by atoms with Crippen molar-refractivity contribution in [2.75, 3.05) is 18.8 Å². The summed E-state index contributed by atoms with van der Waals surface area (Å²) in [5.74, 6) is 1.24. The van der Waals surface area contributed by atoms with Gasteiger partial charge in [-0.25, -0.2) is 12.4 Å². The van der Waals surface area contributed by atoms with Gasteiger partial charge in [0.15, 0.2) is 0 Å². The molecule has 0 saturated carbocycles. The average molecular weight is 518 g/mol. The van der Waals surface area contributed by atoms with Gasteiger partial charge in [0.05, 0.1) is 22.8 Å². The van der Waals surface area contributed by atoms with Gasteiger partial charge in [0.2, 0.25) is 10.0 Å². The molecule has 0 unspecified atom stereocenters. The number of aromatic nitrogens is 1. The molecule has 0 aliphatic carbocycles. The first-order valence-corrected chi connectivity index (χ1v) is 14.0. The predicted molar refractivity (Wildman–Crippen MR) is 149 cm³/mol. The second kappa shape index (κ2) is 9.55. The van der Waals surface area contributed by atoms with Gasteiger partial charge >= 0.3 is 0 Å². The first kappa shape index (κ1) is 24.8. The van der Waals surface area contributed by atoms with Gasteiger partial charge in [0.25, 0.3) is 0 Å². The monoisotopic (exact) mass is 517 g/mol. The van der Waals surface area contributed by atoms with Gasteiger partial charge in [-0.1, -0.05) is 24.3 Å². The molecule has 192 valence electrons. The molecule has 0 spiro atoms. The minimum absolute atomic E-state index is 0.0128. The van der Waals surface area contributed by atoms with Crippen molar-refractivity contribution in [1.82, 2.24) is 8.87 Å². The van der Waals surface area contributed by atoms with Crippen LogP contribution in [0.25, 0.3) is 32.9 Å². The maximum absolute atomic E-state index is 13.2. The second-order valence-corrected chi connectivity index (χ2v) is 11.6. The molecule has 1 aliphatic heterocycles. The molecule has 0 amide bonds. The van der Waals surface area contributed by atoms with Crippen molar-refractivity contribution < 1.29 is 13.2 Å². The molecule has 1 fully saturated rings. The van der Waals surface area contributed by atoms with Crippen LogP contribution in [-0.4, -0.2) is 53.9 Å². The van der Waals surface area contributed by atoms with E-state index < -0.39 is 10.0 Å². The van der Waals surface area contributed by atoms with Gasteiger partial charge in [0.1, 0.15) is 17.7 Å². The highest BCUT2D eigenvalue weighted by Crippen LogP contribution is 2.34. The number of rotatable bonds is 6. The minimum Gasteiger partial charge on any atom is -0.490 e. The van der Waals surface area contributed by atoms with Crippen LogP contribution in [0.1, 0.15) is 32.3 Å². The summed E-state index contributed by atoms with van der Waals surface area (Å²) in [7, 11) is -3.59. The Morgan fingerprint density at radius 3 is 2.38 bits per heavy atom. The fourth-order valence-electron chi connectivity index (χ4n) is 4.95. The van der Waals surface area contributed by atoms with E-state index in [1.165, 1.54) is 3.97 Å². The number of hydrogen-bond acceptors (Lipinski definition) is 5. The smallest absolute Gasteiger partial charge is 0.239 e. The molecule has 9 heteroatoms. The van der Waals surface area contributed by atoms with Crippen molar-refractivity contribution >= 4 is 43.4 Å². The summed E-state index contributed by atoms with van der Waals surface area (Å²) in [5, 5.41) is 18.2. The third-order valence-corrected chi connectivity index (χ3v) is 8.72. The average Bonchev–Trinajstić information content (AvgIpc) is 3.28. The van der Waals surface area contributed by atoms with Crippen molar-refractivity contribution in [1.29, 1.82) is 10.8 Å². The quantitative estimate of drug-likeness (QED) is 0.251. The summed E-state index contributed by atoms with van der Waals surface area (Å²) in [4.78, 5) is 2.05. The molecular formula is C28H31N5O3S. The molecule has 1 saturated heterocycles. The summed E-state index contributed by atoms with van der Waals surface area (Å²) in [6.45, 7) is 5.04. The lowest BCUT2D eigenvalue weighted by Gasteiger charge is -2.32. The summed E-state index contributed by atoms with van der Waals surface area (Å²) in [5.41, 5.74) is 8.25. The fourth-order valence-corrected chi connectivity index (χ4v) is 6.13. The Morgan fingerprint density at radius 1 is 0.973 bits per heavy atom. The second-order valence-electron chi connectivity index (χ2n) is 9.50. The molecule has 1 aromatic heterocycles. The Balaban J connectivity index is 1.55. The first-order chi connectivity index (χ1) is 17.7. The zero-order valence-corrected chi connectivity index (χ0v) is 21.8. The number of piperidine rings is 1. The van der Waals surface area contributed by atoms with E-state index in [-0.39, 0.29) is 17.7 Å². The van der Waals surface area contributed by atoms with Crippen LogP contribution in [0, 0.1) is 10.8 Å². The Bertz CT molecular complexity index is 1630. The number of nitrogens with zero attached hydrogens (tertiary/aromatic N) is 2. The molecule has 4 N–H and O–H groups in total. The van der Waals surface area contributed by atoms with Crippen molar-refractivity contribution in [3.8, 4) is 17.0 Å². The fraction of sp³-hybridized carbons (Fsp3) is 0.286. The first-order valence-electron chi connectivity index (χ1n) is 12.4. The van der Waals surface area contributed by atoms with Crippen molar-refractivity contribution in [3.05, 3.63) is 66.2 Å². The summed E-state index contributed by atoms with van der Waals surface area (Å²) >= 11 is 0. The molecule has 0 atom stereocenters. The zero-order chi connectivity index (χ0) is 26.3. The van der Waals surface area contributed by atoms with Gasteiger partial charge in [-0.05, 0) is 66.6 Å². The molecule has 37 heavy (non-hydrogen) atoms. The van der Waals surface area contributed by atoms with Gasteiger partial charge in [0, 0.05) is 36.9 Å². The van der Waals surface area contributed by atoms with E-state index in [1.807, 2.05) is 59.5 Å². The van der Waals surface area contributed by atoms with Crippen LogP contribution in [0.3, 0.4) is 0 Å². The zero-order valence-electron chi connectivity index (χ0n) is 21.0. The van der Waals surface area contributed by atoms with Gasteiger partial charge in [-0.3, -0.25) is 10.8 Å². The predicted octanol–water partition coefficient (Wildman–Crippen LogP) is 4.78. The highest BCUT2D eigenvalue weighted by molar-refractivity contribution is 7.90. The third kappa shape index (κ3) is 4.79. The van der Waals surface area contributed by atoms with E-state index >= 15 is 0 Å². The molecule has 4 aromatic rings. The van der Waals surface area contributed by atoms with Crippen molar-refractivity contribution in [2.45, 2.75) is 32.8 Å². The number of benzene rings is 3. The van der Waals surface area contributed by atoms with Gasteiger partial charge < -0.3 is 15.4 Å². The van der Waals surface area contributed by atoms with E-state index in [9.17, 15) is 8.42 Å². The molecular weight excluding hydrogens is 486 g/mol. The standard InChI is InChI=1S/C28H31N5O3S/c1-3-37(34,35)33-26-9-8-25(36-24-10-12-32(13-11-24)18(2)29)16-23(26)17-27(33)20-6-4-19-5-7-21(28(30)31)15-22(19)14-20/h4-9,14-17,24,29H,3,10-13H2,1-2H3,(H3,30,31). The molecule has 3 aromatic carbocycles. The van der Waals surface area contributed by atoms with Crippen LogP contribution in [0.2, 0.25) is 0 Å². The van der Waals surface area contributed by atoms with Crippen LogP contribution in [0.4, 0.5) is 0 Å². The highest BCUT2D eigenvalue weighted by Gasteiger charge is 2.23. The molecule has 2 heterocycles. The number of nitrogens with two attached hydrogens (primary N) is 1. The molecule has 1 aliphatic rings. The van der Waals surface area contributed by atoms with Crippen molar-refractivity contribution in [2.24, 2.45) is 5.73 Å². The van der Waals surface area contributed by atoms with Crippen LogP contribution in [-0.2, 0) is 10.0 Å². The number of fused-ring (bicyclic) bond motifs is 2. The lowest BCUT2D eigenvalue weighted by molar-refractivity contribution is 0.130. The number of ether oxygens (including phenoxy) is 1. The molecule has 0 bridgehead atoms. The maximum Gasteiger partial charge on any atom is 0.239 e. The van der Waals surface area contributed by atoms with Crippen LogP contribution in [0.5, 0.6) is 5.75 Å². The summed E-state index contributed by atoms with van der Waals surface area (Å²) in [6.07, 6.45) is 1.73. The van der Waals surface area contributed by atoms with Crippen LogP contribution < -0.4 is 10.5 Å².